The first-order valence-electron chi connectivity index (χ1n) is 9.87. The number of aromatic nitrogens is 2. The van der Waals surface area contributed by atoms with Crippen molar-refractivity contribution in [3.63, 3.8) is 0 Å². The predicted octanol–water partition coefficient (Wildman–Crippen LogP) is 3.88. The molecule has 0 spiro atoms. The fraction of sp³-hybridized carbons (Fsp3) is 0.120. The SMILES string of the molecule is Cc1ccc(NC(=O)Cn2cc(C(=O)c3ccncc3)c(=O)c3cc(C)ccc32)cc1. The number of pyridine rings is 2. The molecule has 6 heteroatoms. The Hall–Kier alpha value is -4.06. The molecule has 4 aromatic rings. The lowest BCUT2D eigenvalue weighted by Crippen LogP contribution is -2.24. The highest BCUT2D eigenvalue weighted by Crippen LogP contribution is 2.17. The van der Waals surface area contributed by atoms with Crippen molar-refractivity contribution < 1.29 is 9.59 Å². The van der Waals surface area contributed by atoms with Crippen molar-refractivity contribution in [2.45, 2.75) is 20.4 Å². The number of nitrogens with one attached hydrogen (secondary N) is 1. The first-order chi connectivity index (χ1) is 14.9. The van der Waals surface area contributed by atoms with Gasteiger partial charge in [0.05, 0.1) is 11.1 Å². The summed E-state index contributed by atoms with van der Waals surface area (Å²) in [4.78, 5) is 42.8. The molecule has 2 aromatic carbocycles. The molecule has 0 atom stereocenters. The Labute approximate surface area is 179 Å². The number of ketones is 1. The summed E-state index contributed by atoms with van der Waals surface area (Å²) in [6, 6.07) is 16.0. The van der Waals surface area contributed by atoms with Crippen molar-refractivity contribution in [1.82, 2.24) is 9.55 Å². The fourth-order valence-corrected chi connectivity index (χ4v) is 3.45. The van der Waals surface area contributed by atoms with Crippen molar-refractivity contribution in [2.75, 3.05) is 5.32 Å². The van der Waals surface area contributed by atoms with Crippen molar-refractivity contribution in [3.8, 4) is 0 Å². The standard InChI is InChI=1S/C25H21N3O3/c1-16-3-6-19(7-4-16)27-23(29)15-28-14-21(24(30)18-9-11-26-12-10-18)25(31)20-13-17(2)5-8-22(20)28/h3-14H,15H2,1-2H3,(H,27,29). The average Bonchev–Trinajstić information content (AvgIpc) is 2.77. The number of fused-ring (bicyclic) bond motifs is 1. The van der Waals surface area contributed by atoms with Gasteiger partial charge in [0.15, 0.2) is 5.78 Å². The largest absolute Gasteiger partial charge is 0.337 e. The number of nitrogens with zero attached hydrogens (tertiary/aromatic N) is 2. The normalized spacial score (nSPS) is 10.8. The van der Waals surface area contributed by atoms with Crippen molar-refractivity contribution >= 4 is 28.3 Å². The van der Waals surface area contributed by atoms with E-state index in [2.05, 4.69) is 10.3 Å². The van der Waals surface area contributed by atoms with Crippen LogP contribution in [0, 0.1) is 13.8 Å². The third kappa shape index (κ3) is 4.28. The molecule has 0 unspecified atom stereocenters. The predicted molar refractivity (Wildman–Crippen MR) is 120 cm³/mol. The minimum atomic E-state index is -0.400. The number of benzene rings is 2. The van der Waals surface area contributed by atoms with Gasteiger partial charge in [-0.1, -0.05) is 29.3 Å². The zero-order valence-electron chi connectivity index (χ0n) is 17.3. The lowest BCUT2D eigenvalue weighted by Gasteiger charge is -2.14. The van der Waals surface area contributed by atoms with Crippen molar-refractivity contribution in [2.24, 2.45) is 0 Å². The van der Waals surface area contributed by atoms with Crippen LogP contribution in [0.3, 0.4) is 0 Å². The molecular formula is C25H21N3O3. The Balaban J connectivity index is 1.76. The number of carbonyl (C=O) groups excluding carboxylic acids is 2. The van der Waals surface area contributed by atoms with Gasteiger partial charge in [-0.25, -0.2) is 0 Å². The van der Waals surface area contributed by atoms with E-state index in [-0.39, 0.29) is 23.4 Å². The van der Waals surface area contributed by atoms with E-state index in [0.29, 0.717) is 22.2 Å². The molecule has 2 heterocycles. The topological polar surface area (TPSA) is 81.1 Å². The van der Waals surface area contributed by atoms with E-state index in [0.717, 1.165) is 11.1 Å². The van der Waals surface area contributed by atoms with Gasteiger partial charge >= 0.3 is 0 Å². The summed E-state index contributed by atoms with van der Waals surface area (Å²) < 4.78 is 1.65. The van der Waals surface area contributed by atoms with E-state index >= 15 is 0 Å². The van der Waals surface area contributed by atoms with Gasteiger partial charge in [0.2, 0.25) is 11.3 Å². The van der Waals surface area contributed by atoms with Crippen molar-refractivity contribution in [1.29, 1.82) is 0 Å². The minimum Gasteiger partial charge on any atom is -0.337 e. The van der Waals surface area contributed by atoms with Gasteiger partial charge in [0, 0.05) is 35.2 Å². The smallest absolute Gasteiger partial charge is 0.244 e. The minimum absolute atomic E-state index is 0.0208. The average molecular weight is 411 g/mol. The summed E-state index contributed by atoms with van der Waals surface area (Å²) in [6.07, 6.45) is 4.48. The van der Waals surface area contributed by atoms with Crippen molar-refractivity contribution in [3.05, 3.63) is 106 Å². The van der Waals surface area contributed by atoms with E-state index in [4.69, 9.17) is 0 Å². The second kappa shape index (κ2) is 8.36. The number of carbonyl (C=O) groups is 2. The monoisotopic (exact) mass is 411 g/mol. The maximum absolute atomic E-state index is 13.1. The van der Waals surface area contributed by atoms with E-state index in [1.165, 1.54) is 18.6 Å². The van der Waals surface area contributed by atoms with Crippen LogP contribution in [0.2, 0.25) is 0 Å². The summed E-state index contributed by atoms with van der Waals surface area (Å²) >= 11 is 0. The van der Waals surface area contributed by atoms with Crippen LogP contribution in [0.4, 0.5) is 5.69 Å². The van der Waals surface area contributed by atoms with Gasteiger partial charge in [-0.05, 0) is 50.2 Å². The van der Waals surface area contributed by atoms with Crippen LogP contribution in [-0.2, 0) is 11.3 Å². The van der Waals surface area contributed by atoms with Gasteiger partial charge in [-0.3, -0.25) is 19.4 Å². The quantitative estimate of drug-likeness (QED) is 0.505. The Morgan fingerprint density at radius 2 is 1.61 bits per heavy atom. The van der Waals surface area contributed by atoms with Gasteiger partial charge < -0.3 is 9.88 Å². The molecule has 1 amide bonds. The highest BCUT2D eigenvalue weighted by molar-refractivity contribution is 6.10. The Kier molecular flexibility index (Phi) is 5.45. The van der Waals surface area contributed by atoms with Crippen LogP contribution < -0.4 is 10.7 Å². The van der Waals surface area contributed by atoms with E-state index < -0.39 is 5.78 Å². The molecule has 2 aromatic heterocycles. The highest BCUT2D eigenvalue weighted by Gasteiger charge is 2.18. The molecule has 0 aliphatic rings. The van der Waals surface area contributed by atoms with Crippen LogP contribution in [0.25, 0.3) is 10.9 Å². The fourth-order valence-electron chi connectivity index (χ4n) is 3.45. The molecule has 0 fully saturated rings. The number of hydrogen-bond donors (Lipinski definition) is 1. The molecule has 0 aliphatic heterocycles. The third-order valence-corrected chi connectivity index (χ3v) is 5.07. The molecule has 0 saturated heterocycles. The molecule has 1 N–H and O–H groups in total. The van der Waals surface area contributed by atoms with Crippen LogP contribution in [0.5, 0.6) is 0 Å². The second-order valence-corrected chi connectivity index (χ2v) is 7.50. The molecule has 154 valence electrons. The lowest BCUT2D eigenvalue weighted by molar-refractivity contribution is -0.116. The maximum Gasteiger partial charge on any atom is 0.244 e. The van der Waals surface area contributed by atoms with Crippen LogP contribution in [0.1, 0.15) is 27.0 Å². The van der Waals surface area contributed by atoms with Gasteiger partial charge in [-0.15, -0.1) is 0 Å². The van der Waals surface area contributed by atoms with E-state index in [9.17, 15) is 14.4 Å². The lowest BCUT2D eigenvalue weighted by atomic mass is 10.0. The maximum atomic E-state index is 13.1. The summed E-state index contributed by atoms with van der Waals surface area (Å²) in [5, 5.41) is 3.26. The highest BCUT2D eigenvalue weighted by atomic mass is 16.2. The molecule has 4 rings (SSSR count). The molecular weight excluding hydrogens is 390 g/mol. The molecule has 31 heavy (non-hydrogen) atoms. The first-order valence-corrected chi connectivity index (χ1v) is 9.87. The first kappa shape index (κ1) is 20.2. The zero-order valence-corrected chi connectivity index (χ0v) is 17.3. The second-order valence-electron chi connectivity index (χ2n) is 7.50. The summed E-state index contributed by atoms with van der Waals surface area (Å²) in [7, 11) is 0. The number of aryl methyl sites for hydroxylation is 2. The van der Waals surface area contributed by atoms with Crippen LogP contribution in [0.15, 0.2) is 78.0 Å². The number of anilines is 1. The summed E-state index contributed by atoms with van der Waals surface area (Å²) in [6.45, 7) is 3.82. The Morgan fingerprint density at radius 1 is 0.935 bits per heavy atom. The molecule has 0 bridgehead atoms. The van der Waals surface area contributed by atoms with E-state index in [1.807, 2.05) is 44.2 Å². The molecule has 0 saturated carbocycles. The number of rotatable bonds is 5. The summed E-state index contributed by atoms with van der Waals surface area (Å²) in [5.74, 6) is -0.653. The van der Waals surface area contributed by atoms with E-state index in [1.54, 1.807) is 28.8 Å². The molecule has 0 radical (unpaired) electrons. The number of hydrogen-bond acceptors (Lipinski definition) is 4. The Bertz CT molecular complexity index is 1340. The molecule has 6 nitrogen and oxygen atoms in total. The van der Waals surface area contributed by atoms with Gasteiger partial charge in [0.1, 0.15) is 6.54 Å². The van der Waals surface area contributed by atoms with Crippen LogP contribution >= 0.6 is 0 Å². The number of amides is 1. The Morgan fingerprint density at radius 3 is 2.32 bits per heavy atom. The van der Waals surface area contributed by atoms with Gasteiger partial charge in [0.25, 0.3) is 0 Å². The zero-order chi connectivity index (χ0) is 22.0. The molecule has 0 aliphatic carbocycles. The van der Waals surface area contributed by atoms with Gasteiger partial charge in [-0.2, -0.15) is 0 Å². The third-order valence-electron chi connectivity index (χ3n) is 5.07. The van der Waals surface area contributed by atoms with Crippen LogP contribution in [-0.4, -0.2) is 21.2 Å². The summed E-state index contributed by atoms with van der Waals surface area (Å²) in [5.41, 5.74) is 3.32.